The zero-order valence-corrected chi connectivity index (χ0v) is 17.1. The number of benzene rings is 1. The van der Waals surface area contributed by atoms with Crippen LogP contribution in [0.1, 0.15) is 36.8 Å². The van der Waals surface area contributed by atoms with Crippen LogP contribution in [0.3, 0.4) is 0 Å². The number of alkyl halides is 3. The maximum absolute atomic E-state index is 12.8. The molecular formula is C22H22F3N5O2. The fourth-order valence-corrected chi connectivity index (χ4v) is 4.11. The van der Waals surface area contributed by atoms with Crippen LogP contribution in [-0.2, 0) is 16.6 Å². The maximum Gasteiger partial charge on any atom is 0.416 e. The number of anilines is 2. The molecule has 3 aromatic rings. The van der Waals surface area contributed by atoms with Gasteiger partial charge in [0.15, 0.2) is 5.65 Å². The number of rotatable bonds is 4. The summed E-state index contributed by atoms with van der Waals surface area (Å²) < 4.78 is 40.2. The van der Waals surface area contributed by atoms with Crippen molar-refractivity contribution in [1.82, 2.24) is 14.6 Å². The van der Waals surface area contributed by atoms with E-state index in [0.29, 0.717) is 37.1 Å². The van der Waals surface area contributed by atoms with Gasteiger partial charge in [0.05, 0.1) is 11.2 Å². The normalized spacial score (nSPS) is 18.7. The number of hydrogen-bond donors (Lipinski definition) is 2. The predicted molar refractivity (Wildman–Crippen MR) is 111 cm³/mol. The second-order valence-electron chi connectivity index (χ2n) is 8.45. The number of piperidine rings is 1. The largest absolute Gasteiger partial charge is 0.416 e. The van der Waals surface area contributed by atoms with Crippen LogP contribution in [-0.4, -0.2) is 38.7 Å². The van der Waals surface area contributed by atoms with E-state index in [4.69, 9.17) is 0 Å². The lowest BCUT2D eigenvalue weighted by Gasteiger charge is -2.39. The average Bonchev–Trinajstić information content (AvgIpc) is 3.54. The first kappa shape index (κ1) is 20.7. The first-order valence-electron chi connectivity index (χ1n) is 10.5. The quantitative estimate of drug-likeness (QED) is 0.642. The molecule has 168 valence electrons. The lowest BCUT2D eigenvalue weighted by molar-refractivity contribution is -0.137. The molecule has 7 nitrogen and oxygen atoms in total. The molecule has 1 aromatic carbocycles. The highest BCUT2D eigenvalue weighted by Gasteiger charge is 2.36. The van der Waals surface area contributed by atoms with Gasteiger partial charge in [-0.3, -0.25) is 10.1 Å². The van der Waals surface area contributed by atoms with Crippen molar-refractivity contribution in [3.8, 4) is 0 Å². The summed E-state index contributed by atoms with van der Waals surface area (Å²) in [5, 5.41) is 18.3. The van der Waals surface area contributed by atoms with Gasteiger partial charge in [-0.2, -0.15) is 22.7 Å². The van der Waals surface area contributed by atoms with E-state index in [1.165, 1.54) is 12.1 Å². The van der Waals surface area contributed by atoms with Crippen LogP contribution in [0.25, 0.3) is 5.65 Å². The van der Waals surface area contributed by atoms with Crippen molar-refractivity contribution in [2.45, 2.75) is 37.5 Å². The number of halogens is 3. The lowest BCUT2D eigenvalue weighted by Crippen LogP contribution is -2.43. The van der Waals surface area contributed by atoms with E-state index >= 15 is 0 Å². The Kier molecular flexibility index (Phi) is 4.85. The highest BCUT2D eigenvalue weighted by molar-refractivity contribution is 5.92. The van der Waals surface area contributed by atoms with Gasteiger partial charge in [-0.1, -0.05) is 18.2 Å². The van der Waals surface area contributed by atoms with Gasteiger partial charge in [-0.25, -0.2) is 0 Å². The number of carbonyl (C=O) groups excluding carboxylic acids is 1. The Bertz CT molecular complexity index is 1150. The van der Waals surface area contributed by atoms with Crippen LogP contribution in [0.4, 0.5) is 24.9 Å². The second-order valence-corrected chi connectivity index (χ2v) is 8.45. The summed E-state index contributed by atoms with van der Waals surface area (Å²) in [6, 6.07) is 10.3. The van der Waals surface area contributed by atoms with Crippen LogP contribution in [0.5, 0.6) is 0 Å². The van der Waals surface area contributed by atoms with E-state index in [1.807, 2.05) is 17.0 Å². The van der Waals surface area contributed by atoms with Gasteiger partial charge in [-0.15, -0.1) is 5.10 Å². The maximum atomic E-state index is 12.8. The molecule has 10 heteroatoms. The smallest absolute Gasteiger partial charge is 0.385 e. The van der Waals surface area contributed by atoms with Crippen molar-refractivity contribution in [2.75, 3.05) is 23.3 Å². The number of aliphatic hydroxyl groups is 1. The monoisotopic (exact) mass is 445 g/mol. The summed E-state index contributed by atoms with van der Waals surface area (Å²) in [5.74, 6) is 1.01. The highest BCUT2D eigenvalue weighted by atomic mass is 19.4. The van der Waals surface area contributed by atoms with Crippen molar-refractivity contribution in [3.05, 3.63) is 53.6 Å². The molecule has 0 spiro atoms. The van der Waals surface area contributed by atoms with Crippen LogP contribution < -0.4 is 10.2 Å². The van der Waals surface area contributed by atoms with Crippen molar-refractivity contribution >= 4 is 23.3 Å². The van der Waals surface area contributed by atoms with E-state index in [1.54, 1.807) is 10.6 Å². The molecule has 0 bridgehead atoms. The fraction of sp³-hybridized carbons (Fsp3) is 0.409. The summed E-state index contributed by atoms with van der Waals surface area (Å²) in [7, 11) is 0. The van der Waals surface area contributed by atoms with Crippen molar-refractivity contribution in [2.24, 2.45) is 5.92 Å². The minimum Gasteiger partial charge on any atom is -0.385 e. The van der Waals surface area contributed by atoms with Gasteiger partial charge in [0.1, 0.15) is 5.82 Å². The molecule has 32 heavy (non-hydrogen) atoms. The molecule has 2 aliphatic rings. The van der Waals surface area contributed by atoms with E-state index in [2.05, 4.69) is 15.4 Å². The van der Waals surface area contributed by atoms with Crippen molar-refractivity contribution < 1.29 is 23.1 Å². The van der Waals surface area contributed by atoms with Gasteiger partial charge >= 0.3 is 6.18 Å². The zero-order valence-electron chi connectivity index (χ0n) is 17.1. The summed E-state index contributed by atoms with van der Waals surface area (Å²) in [5.41, 5.74) is -0.851. The number of pyridine rings is 1. The number of nitrogens with zero attached hydrogens (tertiary/aromatic N) is 4. The molecule has 1 aliphatic carbocycles. The third kappa shape index (κ3) is 3.90. The topological polar surface area (TPSA) is 82.8 Å². The van der Waals surface area contributed by atoms with E-state index in [-0.39, 0.29) is 17.8 Å². The molecule has 0 atom stereocenters. The van der Waals surface area contributed by atoms with Crippen LogP contribution >= 0.6 is 0 Å². The second kappa shape index (κ2) is 7.47. The molecule has 1 saturated heterocycles. The molecule has 1 amide bonds. The Hall–Kier alpha value is -3.14. The van der Waals surface area contributed by atoms with Gasteiger partial charge in [0.25, 0.3) is 0 Å². The molecular weight excluding hydrogens is 423 g/mol. The molecule has 0 unspecified atom stereocenters. The number of amides is 1. The standard InChI is InChI=1S/C22H22F3N5O2/c23-22(24,25)16-8-6-15(7-9-16)21(32)10-12-29(13-11-21)18-3-1-2-17-26-20(28-30(17)18)27-19(31)14-4-5-14/h1-3,6-9,14,32H,4-5,10-13H2,(H,27,28,31). The molecule has 2 aromatic heterocycles. The van der Waals surface area contributed by atoms with Gasteiger partial charge in [0.2, 0.25) is 11.9 Å². The Balaban J connectivity index is 1.32. The molecule has 3 heterocycles. The van der Waals surface area contributed by atoms with E-state index in [0.717, 1.165) is 30.8 Å². The zero-order chi connectivity index (χ0) is 22.5. The summed E-state index contributed by atoms with van der Waals surface area (Å²) in [4.78, 5) is 18.4. The van der Waals surface area contributed by atoms with Crippen LogP contribution in [0.2, 0.25) is 0 Å². The van der Waals surface area contributed by atoms with Gasteiger partial charge < -0.3 is 10.0 Å². The summed E-state index contributed by atoms with van der Waals surface area (Å²) >= 11 is 0. The molecule has 2 fully saturated rings. The highest BCUT2D eigenvalue weighted by Crippen LogP contribution is 2.37. The number of fused-ring (bicyclic) bond motifs is 1. The number of nitrogens with one attached hydrogen (secondary N) is 1. The van der Waals surface area contributed by atoms with E-state index in [9.17, 15) is 23.1 Å². The minimum absolute atomic E-state index is 0.0473. The Morgan fingerprint density at radius 3 is 2.41 bits per heavy atom. The SMILES string of the molecule is O=C(Nc1nc2cccc(N3CCC(O)(c4ccc(C(F)(F)F)cc4)CC3)n2n1)C1CC1. The van der Waals surface area contributed by atoms with Crippen LogP contribution in [0.15, 0.2) is 42.5 Å². The van der Waals surface area contributed by atoms with Gasteiger partial charge in [0, 0.05) is 19.0 Å². The molecule has 0 radical (unpaired) electrons. The first-order valence-corrected chi connectivity index (χ1v) is 10.5. The number of aromatic nitrogens is 3. The molecule has 1 saturated carbocycles. The fourth-order valence-electron chi connectivity index (χ4n) is 4.11. The molecule has 2 N–H and O–H groups in total. The minimum atomic E-state index is -4.40. The third-order valence-electron chi connectivity index (χ3n) is 6.19. The Labute approximate surface area is 181 Å². The van der Waals surface area contributed by atoms with Crippen LogP contribution in [0, 0.1) is 5.92 Å². The third-order valence-corrected chi connectivity index (χ3v) is 6.19. The Morgan fingerprint density at radius 1 is 1.09 bits per heavy atom. The average molecular weight is 445 g/mol. The predicted octanol–water partition coefficient (Wildman–Crippen LogP) is 3.58. The lowest BCUT2D eigenvalue weighted by atomic mass is 9.84. The van der Waals surface area contributed by atoms with E-state index < -0.39 is 17.3 Å². The number of hydrogen-bond acceptors (Lipinski definition) is 5. The summed E-state index contributed by atoms with van der Waals surface area (Å²) in [6.45, 7) is 0.973. The Morgan fingerprint density at radius 2 is 1.78 bits per heavy atom. The van der Waals surface area contributed by atoms with Crippen molar-refractivity contribution in [1.29, 1.82) is 0 Å². The van der Waals surface area contributed by atoms with Gasteiger partial charge in [-0.05, 0) is 55.5 Å². The van der Waals surface area contributed by atoms with Crippen molar-refractivity contribution in [3.63, 3.8) is 0 Å². The molecule has 5 rings (SSSR count). The molecule has 1 aliphatic heterocycles. The first-order chi connectivity index (χ1) is 15.2. The summed E-state index contributed by atoms with van der Waals surface area (Å²) in [6.07, 6.45) is -1.92. The number of carbonyl (C=O) groups is 1.